The summed E-state index contributed by atoms with van der Waals surface area (Å²) in [6.07, 6.45) is 7.62. The van der Waals surface area contributed by atoms with Crippen LogP contribution in [0.5, 0.6) is 0 Å². The lowest BCUT2D eigenvalue weighted by atomic mass is 10.0. The summed E-state index contributed by atoms with van der Waals surface area (Å²) in [4.78, 5) is 47.2. The van der Waals surface area contributed by atoms with E-state index in [9.17, 15) is 14.4 Å². The number of carbonyl (C=O) groups is 3. The summed E-state index contributed by atoms with van der Waals surface area (Å²) >= 11 is 0. The van der Waals surface area contributed by atoms with E-state index < -0.39 is 6.04 Å². The SMILES string of the molecule is CC(C(=O)Nc1ccc(-c2cccnc2)nc1)N1CCCC(C=O)=C1C=O.CN(C)C. The van der Waals surface area contributed by atoms with E-state index in [0.717, 1.165) is 17.7 Å². The third-order valence-corrected chi connectivity index (χ3v) is 4.57. The van der Waals surface area contributed by atoms with Gasteiger partial charge in [-0.3, -0.25) is 24.4 Å². The van der Waals surface area contributed by atoms with Gasteiger partial charge in [0.25, 0.3) is 0 Å². The first-order chi connectivity index (χ1) is 14.9. The van der Waals surface area contributed by atoms with Crippen LogP contribution in [0.25, 0.3) is 11.3 Å². The Morgan fingerprint density at radius 3 is 2.45 bits per heavy atom. The number of allylic oxidation sites excluding steroid dienone is 2. The standard InChI is InChI=1S/C20H20N4O3.C3H9N/c1-14(24-9-3-5-16(12-25)19(24)13-26)20(27)23-17-6-7-18(22-11-17)15-4-2-8-21-10-15;1-4(2)3/h2,4,6-8,10-14H,3,5,9H2,1H3,(H,23,27);1-3H3. The molecule has 1 unspecified atom stereocenters. The molecule has 0 aromatic carbocycles. The largest absolute Gasteiger partial charge is 0.357 e. The highest BCUT2D eigenvalue weighted by atomic mass is 16.2. The predicted octanol–water partition coefficient (Wildman–Crippen LogP) is 2.40. The van der Waals surface area contributed by atoms with E-state index in [1.807, 2.05) is 38.2 Å². The third kappa shape index (κ3) is 6.82. The van der Waals surface area contributed by atoms with Crippen molar-refractivity contribution >= 4 is 24.2 Å². The Morgan fingerprint density at radius 2 is 1.90 bits per heavy atom. The maximum Gasteiger partial charge on any atom is 0.246 e. The minimum Gasteiger partial charge on any atom is -0.357 e. The smallest absolute Gasteiger partial charge is 0.246 e. The molecule has 164 valence electrons. The fourth-order valence-corrected chi connectivity index (χ4v) is 3.08. The van der Waals surface area contributed by atoms with Gasteiger partial charge in [0.05, 0.1) is 23.3 Å². The van der Waals surface area contributed by atoms with Crippen molar-refractivity contribution < 1.29 is 14.4 Å². The molecule has 0 saturated carbocycles. The van der Waals surface area contributed by atoms with Crippen molar-refractivity contribution in [1.29, 1.82) is 0 Å². The van der Waals surface area contributed by atoms with Crippen LogP contribution in [-0.2, 0) is 14.4 Å². The number of aldehydes is 2. The highest BCUT2D eigenvalue weighted by Crippen LogP contribution is 2.23. The van der Waals surface area contributed by atoms with Crippen LogP contribution in [0.3, 0.4) is 0 Å². The van der Waals surface area contributed by atoms with Gasteiger partial charge in [0.1, 0.15) is 12.3 Å². The number of hydrogen-bond donors (Lipinski definition) is 1. The van der Waals surface area contributed by atoms with Gasteiger partial charge in [-0.2, -0.15) is 0 Å². The highest BCUT2D eigenvalue weighted by molar-refractivity contribution is 5.96. The Bertz CT molecular complexity index is 908. The molecule has 1 aliphatic heterocycles. The first-order valence-electron chi connectivity index (χ1n) is 10.1. The van der Waals surface area contributed by atoms with Crippen molar-refractivity contribution in [1.82, 2.24) is 19.8 Å². The monoisotopic (exact) mass is 423 g/mol. The molecule has 31 heavy (non-hydrogen) atoms. The Kier molecular flexibility index (Phi) is 9.02. The first kappa shape index (κ1) is 23.9. The summed E-state index contributed by atoms with van der Waals surface area (Å²) in [6.45, 7) is 2.27. The van der Waals surface area contributed by atoms with E-state index >= 15 is 0 Å². The molecule has 3 heterocycles. The minimum absolute atomic E-state index is 0.266. The Labute approximate surface area is 183 Å². The van der Waals surface area contributed by atoms with Gasteiger partial charge in [0, 0.05) is 30.1 Å². The molecule has 0 radical (unpaired) electrons. The lowest BCUT2D eigenvalue weighted by molar-refractivity contribution is -0.120. The quantitative estimate of drug-likeness (QED) is 0.713. The van der Waals surface area contributed by atoms with Gasteiger partial charge in [0.2, 0.25) is 5.91 Å². The van der Waals surface area contributed by atoms with Crippen molar-refractivity contribution in [3.8, 4) is 11.3 Å². The van der Waals surface area contributed by atoms with Crippen LogP contribution in [-0.4, -0.2) is 72.0 Å². The maximum absolute atomic E-state index is 12.6. The van der Waals surface area contributed by atoms with Gasteiger partial charge in [0.15, 0.2) is 6.29 Å². The molecule has 0 bridgehead atoms. The number of anilines is 1. The zero-order valence-electron chi connectivity index (χ0n) is 18.4. The number of carbonyl (C=O) groups excluding carboxylic acids is 3. The molecule has 1 atom stereocenters. The predicted molar refractivity (Wildman–Crippen MR) is 120 cm³/mol. The highest BCUT2D eigenvalue weighted by Gasteiger charge is 2.27. The minimum atomic E-state index is -0.585. The van der Waals surface area contributed by atoms with E-state index in [1.54, 1.807) is 42.5 Å². The fourth-order valence-electron chi connectivity index (χ4n) is 3.08. The van der Waals surface area contributed by atoms with Gasteiger partial charge >= 0.3 is 0 Å². The molecule has 0 fully saturated rings. The summed E-state index contributed by atoms with van der Waals surface area (Å²) in [5, 5.41) is 2.81. The van der Waals surface area contributed by atoms with Gasteiger partial charge in [-0.1, -0.05) is 0 Å². The van der Waals surface area contributed by atoms with E-state index in [1.165, 1.54) is 0 Å². The molecule has 1 aliphatic rings. The van der Waals surface area contributed by atoms with Crippen LogP contribution in [0.15, 0.2) is 54.1 Å². The van der Waals surface area contributed by atoms with Crippen molar-refractivity contribution in [2.45, 2.75) is 25.8 Å². The molecule has 0 spiro atoms. The lowest BCUT2D eigenvalue weighted by Crippen LogP contribution is -2.44. The molecule has 8 heteroatoms. The zero-order chi connectivity index (χ0) is 22.8. The second-order valence-corrected chi connectivity index (χ2v) is 7.62. The third-order valence-electron chi connectivity index (χ3n) is 4.57. The zero-order valence-corrected chi connectivity index (χ0v) is 18.4. The average molecular weight is 424 g/mol. The summed E-state index contributed by atoms with van der Waals surface area (Å²) in [6, 6.07) is 6.73. The Morgan fingerprint density at radius 1 is 1.16 bits per heavy atom. The number of pyridine rings is 2. The van der Waals surface area contributed by atoms with Gasteiger partial charge < -0.3 is 15.1 Å². The van der Waals surface area contributed by atoms with E-state index in [0.29, 0.717) is 42.5 Å². The van der Waals surface area contributed by atoms with Gasteiger partial charge in [-0.25, -0.2) is 0 Å². The number of rotatable bonds is 6. The van der Waals surface area contributed by atoms with Gasteiger partial charge in [-0.05, 0) is 65.2 Å². The molecular weight excluding hydrogens is 394 g/mol. The fraction of sp³-hybridized carbons (Fsp3) is 0.348. The van der Waals surface area contributed by atoms with Gasteiger partial charge in [-0.15, -0.1) is 0 Å². The molecule has 8 nitrogen and oxygen atoms in total. The molecular formula is C23H29N5O3. The van der Waals surface area contributed by atoms with E-state index in [4.69, 9.17) is 0 Å². The molecule has 2 aromatic rings. The van der Waals surface area contributed by atoms with Crippen LogP contribution >= 0.6 is 0 Å². The number of nitrogens with zero attached hydrogens (tertiary/aromatic N) is 4. The second-order valence-electron chi connectivity index (χ2n) is 7.62. The van der Waals surface area contributed by atoms with Crippen LogP contribution in [0.2, 0.25) is 0 Å². The summed E-state index contributed by atoms with van der Waals surface area (Å²) < 4.78 is 0. The van der Waals surface area contributed by atoms with Crippen LogP contribution in [0.4, 0.5) is 5.69 Å². The van der Waals surface area contributed by atoms with Crippen molar-refractivity contribution in [2.75, 3.05) is 33.0 Å². The van der Waals surface area contributed by atoms with Crippen LogP contribution in [0, 0.1) is 0 Å². The average Bonchev–Trinajstić information content (AvgIpc) is 2.78. The molecule has 1 amide bonds. The maximum atomic E-state index is 12.6. The molecule has 0 aliphatic carbocycles. The van der Waals surface area contributed by atoms with Crippen LogP contribution < -0.4 is 5.32 Å². The lowest BCUT2D eigenvalue weighted by Gasteiger charge is -2.34. The Hall–Kier alpha value is -3.39. The molecule has 2 aromatic heterocycles. The van der Waals surface area contributed by atoms with E-state index in [-0.39, 0.29) is 5.91 Å². The summed E-state index contributed by atoms with van der Waals surface area (Å²) in [5.74, 6) is -0.266. The summed E-state index contributed by atoms with van der Waals surface area (Å²) in [5.41, 5.74) is 2.94. The normalized spacial score (nSPS) is 14.4. The van der Waals surface area contributed by atoms with Crippen molar-refractivity contribution in [3.63, 3.8) is 0 Å². The molecule has 1 N–H and O–H groups in total. The van der Waals surface area contributed by atoms with Crippen molar-refractivity contribution in [3.05, 3.63) is 54.1 Å². The van der Waals surface area contributed by atoms with Crippen LogP contribution in [0.1, 0.15) is 19.8 Å². The van der Waals surface area contributed by atoms with E-state index in [2.05, 4.69) is 15.3 Å². The summed E-state index contributed by atoms with van der Waals surface area (Å²) in [7, 11) is 6.00. The number of hydrogen-bond acceptors (Lipinski definition) is 7. The topological polar surface area (TPSA) is 95.5 Å². The molecule has 3 rings (SSSR count). The molecule has 0 saturated heterocycles. The number of amides is 1. The second kappa shape index (κ2) is 11.7. The number of aromatic nitrogens is 2. The number of nitrogens with one attached hydrogen (secondary N) is 1. The first-order valence-corrected chi connectivity index (χ1v) is 10.1. The van der Waals surface area contributed by atoms with Crippen molar-refractivity contribution in [2.24, 2.45) is 0 Å². The Balaban J connectivity index is 0.000000785.